The van der Waals surface area contributed by atoms with Gasteiger partial charge in [-0.15, -0.1) is 0 Å². The summed E-state index contributed by atoms with van der Waals surface area (Å²) in [6, 6.07) is -1.96. The van der Waals surface area contributed by atoms with E-state index in [-0.39, 0.29) is 127 Å². The summed E-state index contributed by atoms with van der Waals surface area (Å²) in [7, 11) is -9.74. The normalized spacial score (nSPS) is 16.8. The second-order valence-corrected chi connectivity index (χ2v) is 32.6. The maximum Gasteiger partial charge on any atom is 1.00 e. The monoisotopic (exact) mass is 1640 g/mol. The fraction of sp³-hybridized carbons (Fsp3) is 0.877. The van der Waals surface area contributed by atoms with E-state index < -0.39 is 132 Å². The summed E-state index contributed by atoms with van der Waals surface area (Å²) in [5.74, 6) is -4.91. The van der Waals surface area contributed by atoms with E-state index >= 15 is 0 Å². The number of carbonyl (C=O) groups excluding carboxylic acids is 6. The minimum atomic E-state index is -4.87. The number of esters is 2. The predicted octanol–water partition coefficient (Wildman–Crippen LogP) is 10.2. The molecule has 8 N–H and O–H groups in total. The van der Waals surface area contributed by atoms with Crippen molar-refractivity contribution in [2.24, 2.45) is 0 Å². The molecule has 10 atom stereocenters. The van der Waals surface area contributed by atoms with Crippen LogP contribution in [0.25, 0.3) is 0 Å². The number of hydrogen-bond acceptors (Lipinski definition) is 20. The van der Waals surface area contributed by atoms with E-state index in [1.165, 1.54) is 52.4 Å². The number of ether oxygens (including phenoxy) is 6. The first-order valence-corrected chi connectivity index (χ1v) is 45.3. The molecular formula is C81H154N4Na2O22P2. The third-order valence-electron chi connectivity index (χ3n) is 18.6. The van der Waals surface area contributed by atoms with Crippen LogP contribution in [-0.4, -0.2) is 176 Å². The summed E-state index contributed by atoms with van der Waals surface area (Å²) in [6.45, 7) is 12.8. The van der Waals surface area contributed by atoms with Gasteiger partial charge in [0.2, 0.25) is 11.8 Å². The molecular weight excluding hydrogens is 1490 g/mol. The first-order valence-electron chi connectivity index (χ1n) is 42.4. The fourth-order valence-corrected chi connectivity index (χ4v) is 13.8. The maximum absolute atomic E-state index is 13.7. The number of aliphatic hydroxyl groups excluding tert-OH is 2. The SMILES string of the molecule is CCCCCC/C=C\CCCC(=O)O[C@H](CCCCCCC)CC(=O)NC(COCC[C@H](O)CCCCCCC)COP(=O)(O)OCCNC(=O)C1OC(C)(C)OC1C(=O)NCCOP(=O)(O)OCC(COCC[C@H](O)CCCCCCC)NC(=O)C[C@@H](CCCCCCC)OC(=O)CCC/C=C\CCCCCC.[H-].[H-].[Na+].[Na+]. The van der Waals surface area contributed by atoms with Gasteiger partial charge in [0, 0.05) is 39.1 Å². The van der Waals surface area contributed by atoms with E-state index in [0.717, 1.165) is 167 Å². The summed E-state index contributed by atoms with van der Waals surface area (Å²) in [6.07, 6.45) is 39.9. The predicted molar refractivity (Wildman–Crippen MR) is 428 cm³/mol. The first-order chi connectivity index (χ1) is 52.4. The Labute approximate surface area is 716 Å². The Kier molecular flexibility index (Phi) is 73.6. The summed E-state index contributed by atoms with van der Waals surface area (Å²) < 4.78 is 82.9. The van der Waals surface area contributed by atoms with Gasteiger partial charge in [-0.25, -0.2) is 9.13 Å². The van der Waals surface area contributed by atoms with Gasteiger partial charge in [0.25, 0.3) is 11.8 Å². The Hall–Kier alpha value is -1.72. The minimum absolute atomic E-state index is 0. The summed E-state index contributed by atoms with van der Waals surface area (Å²) in [4.78, 5) is 103. The average Bonchev–Trinajstić information content (AvgIpc) is 1.66. The molecule has 0 bridgehead atoms. The third kappa shape index (κ3) is 65.9. The van der Waals surface area contributed by atoms with E-state index in [1.54, 1.807) is 0 Å². The van der Waals surface area contributed by atoms with Crippen molar-refractivity contribution in [3.8, 4) is 0 Å². The number of allylic oxidation sites excluding steroid dienone is 4. The van der Waals surface area contributed by atoms with Crippen LogP contribution in [0.3, 0.4) is 0 Å². The van der Waals surface area contributed by atoms with E-state index in [2.05, 4.69) is 87.1 Å². The molecule has 0 spiro atoms. The number of hydrogen-bond donors (Lipinski definition) is 8. The minimum Gasteiger partial charge on any atom is -1.00 e. The van der Waals surface area contributed by atoms with E-state index in [9.17, 15) is 57.9 Å². The fourth-order valence-electron chi connectivity index (χ4n) is 12.3. The number of phosphoric acid groups is 2. The molecule has 1 fully saturated rings. The van der Waals surface area contributed by atoms with Crippen LogP contribution in [0.4, 0.5) is 0 Å². The second-order valence-electron chi connectivity index (χ2n) is 29.7. The van der Waals surface area contributed by atoms with Crippen molar-refractivity contribution in [1.29, 1.82) is 0 Å². The molecule has 6 unspecified atom stereocenters. The molecule has 1 rings (SSSR count). The zero-order valence-electron chi connectivity index (χ0n) is 72.6. The topological polar surface area (TPSA) is 358 Å². The Balaban J connectivity index is -0.0000149. The zero-order valence-corrected chi connectivity index (χ0v) is 76.4. The molecule has 26 nitrogen and oxygen atoms in total. The van der Waals surface area contributed by atoms with Crippen LogP contribution >= 0.6 is 15.6 Å². The first kappa shape index (κ1) is 111. The Morgan fingerprint density at radius 1 is 0.414 bits per heavy atom. The van der Waals surface area contributed by atoms with Gasteiger partial charge in [0.1, 0.15) is 12.2 Å². The summed E-state index contributed by atoms with van der Waals surface area (Å²) in [5, 5.41) is 31.9. The van der Waals surface area contributed by atoms with Crippen LogP contribution in [0.2, 0.25) is 0 Å². The second kappa shape index (κ2) is 73.4. The van der Waals surface area contributed by atoms with Crippen molar-refractivity contribution in [3.05, 3.63) is 24.3 Å². The largest absolute Gasteiger partial charge is 1.00 e. The standard InChI is InChI=1S/C81H152N4O22P2.2Na.2H/c1-9-15-21-27-29-31-33-39-45-51-75(90)104-71(49-43-37-25-19-13-5)61-73(88)84-67(63-98-57-53-69(86)47-41-35-23-17-11-3)65-102-108(94,95)100-59-55-82-79(92)77-78(107-81(7,8)106-77)80(93)83-56-60-101-109(96,97)103-66-68(64-99-58-54-70(87)48-42-36-24-18-12-4)85-74(89)62-72(50-44-38-26-20-14-6)105-76(91)52-46-40-34-32-30-28-22-16-10-2;;;;/h31-34,67-72,77-78,86-87H,9-30,35-66H2,1-8H3,(H,82,92)(H,83,93)(H,84,88)(H,85,89)(H,94,95)(H,96,97);;;;/q;2*+1;2*-1/b33-31-,34-32-;;;;/t67?,68?,69-,70-,71-,72-,77?,78?;;;;/m1..../s1. The Bertz CT molecular complexity index is 2350. The van der Waals surface area contributed by atoms with Gasteiger partial charge < -0.3 is 72.5 Å². The molecule has 1 heterocycles. The average molecular weight is 1640 g/mol. The molecule has 1 aliphatic heterocycles. The maximum atomic E-state index is 13.7. The van der Waals surface area contributed by atoms with Crippen molar-refractivity contribution in [2.45, 2.75) is 392 Å². The third-order valence-corrected chi connectivity index (χ3v) is 20.6. The molecule has 1 saturated heterocycles. The van der Waals surface area contributed by atoms with Gasteiger partial charge in [-0.1, -0.05) is 220 Å². The van der Waals surface area contributed by atoms with Crippen LogP contribution < -0.4 is 80.4 Å². The van der Waals surface area contributed by atoms with Crippen molar-refractivity contribution in [3.63, 3.8) is 0 Å². The number of phosphoric ester groups is 2. The molecule has 0 aliphatic carbocycles. The van der Waals surface area contributed by atoms with Crippen molar-refractivity contribution in [1.82, 2.24) is 21.3 Å². The van der Waals surface area contributed by atoms with Gasteiger partial charge >= 0.3 is 86.7 Å². The molecule has 4 amide bonds. The van der Waals surface area contributed by atoms with Gasteiger partial charge in [-0.2, -0.15) is 0 Å². The molecule has 642 valence electrons. The molecule has 1 aliphatic rings. The van der Waals surface area contributed by atoms with Gasteiger partial charge in [0.05, 0.1) is 76.8 Å². The van der Waals surface area contributed by atoms with Crippen molar-refractivity contribution in [2.75, 3.05) is 65.9 Å². The van der Waals surface area contributed by atoms with Crippen LogP contribution in [0.1, 0.15) is 341 Å². The number of amides is 4. The Morgan fingerprint density at radius 2 is 0.721 bits per heavy atom. The molecule has 0 aromatic heterocycles. The quantitative estimate of drug-likeness (QED) is 0.00922. The molecule has 111 heavy (non-hydrogen) atoms. The van der Waals surface area contributed by atoms with Gasteiger partial charge in [-0.3, -0.25) is 46.9 Å². The smallest absolute Gasteiger partial charge is 1.00 e. The van der Waals surface area contributed by atoms with Crippen LogP contribution in [0.15, 0.2) is 24.3 Å². The van der Waals surface area contributed by atoms with Crippen molar-refractivity contribution < 1.29 is 166 Å². The molecule has 0 radical (unpaired) electrons. The van der Waals surface area contributed by atoms with E-state index in [4.69, 9.17) is 46.5 Å². The van der Waals surface area contributed by atoms with E-state index in [1.807, 2.05) is 0 Å². The van der Waals surface area contributed by atoms with Crippen LogP contribution in [0, 0.1) is 0 Å². The number of unbranched alkanes of at least 4 members (excludes halogenated alkanes) is 26. The molecule has 30 heteroatoms. The number of nitrogens with one attached hydrogen (secondary N) is 4. The van der Waals surface area contributed by atoms with Gasteiger partial charge in [0.15, 0.2) is 18.0 Å². The number of carbonyl (C=O) groups is 6. The zero-order chi connectivity index (χ0) is 80.5. The summed E-state index contributed by atoms with van der Waals surface area (Å²) >= 11 is 0. The van der Waals surface area contributed by atoms with Crippen LogP contribution in [0.5, 0.6) is 0 Å². The summed E-state index contributed by atoms with van der Waals surface area (Å²) in [5.41, 5.74) is 0. The van der Waals surface area contributed by atoms with Gasteiger partial charge in [-0.05, 0) is 117 Å². The van der Waals surface area contributed by atoms with E-state index in [0.29, 0.717) is 51.4 Å². The van der Waals surface area contributed by atoms with Crippen molar-refractivity contribution >= 4 is 51.2 Å². The van der Waals surface area contributed by atoms with Crippen LogP contribution in [-0.2, 0) is 84.4 Å². The molecule has 0 aromatic rings. The number of aliphatic hydroxyl groups is 2. The molecule has 0 saturated carbocycles. The Morgan fingerprint density at radius 3 is 1.05 bits per heavy atom. The molecule has 0 aromatic carbocycles. The number of rotatable bonds is 76.